The average molecular weight is 368 g/mol. The molecular formula is C17H24N2O5S. The van der Waals surface area contributed by atoms with E-state index in [4.69, 9.17) is 9.47 Å². The van der Waals surface area contributed by atoms with Gasteiger partial charge >= 0.3 is 0 Å². The van der Waals surface area contributed by atoms with Crippen molar-refractivity contribution in [3.63, 3.8) is 0 Å². The molecule has 2 heterocycles. The van der Waals surface area contributed by atoms with Gasteiger partial charge in [0.25, 0.3) is 0 Å². The van der Waals surface area contributed by atoms with Crippen molar-refractivity contribution in [3.8, 4) is 11.5 Å². The average Bonchev–Trinajstić information content (AvgIpc) is 2.61. The monoisotopic (exact) mass is 368 g/mol. The Kier molecular flexibility index (Phi) is 5.48. The van der Waals surface area contributed by atoms with E-state index in [9.17, 15) is 13.2 Å². The molecular weight excluding hydrogens is 344 g/mol. The molecule has 0 bridgehead atoms. The van der Waals surface area contributed by atoms with Gasteiger partial charge in [-0.15, -0.1) is 0 Å². The van der Waals surface area contributed by atoms with Crippen LogP contribution in [0.5, 0.6) is 11.5 Å². The Balaban J connectivity index is 1.56. The molecule has 0 radical (unpaired) electrons. The number of amides is 1. The summed E-state index contributed by atoms with van der Waals surface area (Å²) in [6, 6.07) is 5.54. The molecule has 0 atom stereocenters. The normalized spacial score (nSPS) is 18.2. The number of carbonyl (C=O) groups excluding carboxylic acids is 1. The molecule has 1 aromatic rings. The first-order valence-corrected chi connectivity index (χ1v) is 10.2. The van der Waals surface area contributed by atoms with Crippen molar-refractivity contribution < 1.29 is 22.7 Å². The van der Waals surface area contributed by atoms with Gasteiger partial charge in [-0.3, -0.25) is 4.79 Å². The topological polar surface area (TPSA) is 76.2 Å². The van der Waals surface area contributed by atoms with Crippen LogP contribution in [0.2, 0.25) is 0 Å². The number of nitrogens with zero attached hydrogens (tertiary/aromatic N) is 2. The van der Waals surface area contributed by atoms with Crippen LogP contribution in [-0.4, -0.2) is 68.7 Å². The van der Waals surface area contributed by atoms with Gasteiger partial charge in [-0.05, 0) is 24.1 Å². The summed E-state index contributed by atoms with van der Waals surface area (Å²) in [7, 11) is -3.19. The van der Waals surface area contributed by atoms with E-state index in [2.05, 4.69) is 0 Å². The number of fused-ring (bicyclic) bond motifs is 1. The van der Waals surface area contributed by atoms with Crippen LogP contribution in [0.25, 0.3) is 0 Å². The molecule has 0 aliphatic carbocycles. The summed E-state index contributed by atoms with van der Waals surface area (Å²) in [6.45, 7) is 4.52. The molecule has 0 spiro atoms. The zero-order chi connectivity index (χ0) is 17.9. The van der Waals surface area contributed by atoms with E-state index in [1.165, 1.54) is 4.31 Å². The van der Waals surface area contributed by atoms with Crippen LogP contribution >= 0.6 is 0 Å². The SMILES string of the molecule is CCCS(=O)(=O)N1CCN(C(=O)Cc2ccc3c(c2)OCCO3)CC1. The number of rotatable bonds is 5. The maximum absolute atomic E-state index is 12.5. The molecule has 0 saturated carbocycles. The summed E-state index contributed by atoms with van der Waals surface area (Å²) >= 11 is 0. The van der Waals surface area contributed by atoms with Crippen molar-refractivity contribution in [2.75, 3.05) is 45.1 Å². The minimum atomic E-state index is -3.19. The van der Waals surface area contributed by atoms with E-state index in [1.807, 2.05) is 25.1 Å². The van der Waals surface area contributed by atoms with E-state index < -0.39 is 10.0 Å². The second kappa shape index (κ2) is 7.61. The maximum atomic E-state index is 12.5. The molecule has 1 amide bonds. The van der Waals surface area contributed by atoms with Gasteiger partial charge in [-0.2, -0.15) is 4.31 Å². The van der Waals surface area contributed by atoms with Crippen molar-refractivity contribution in [2.24, 2.45) is 0 Å². The standard InChI is InChI=1S/C17H24N2O5S/c1-2-11-25(21,22)19-7-5-18(6-8-19)17(20)13-14-3-4-15-16(12-14)24-10-9-23-15/h3-4,12H,2,5-11,13H2,1H3. The van der Waals surface area contributed by atoms with Crippen LogP contribution in [0.15, 0.2) is 18.2 Å². The van der Waals surface area contributed by atoms with Gasteiger partial charge in [0.1, 0.15) is 13.2 Å². The molecule has 2 aliphatic heterocycles. The van der Waals surface area contributed by atoms with Crippen molar-refractivity contribution in [2.45, 2.75) is 19.8 Å². The van der Waals surface area contributed by atoms with Gasteiger partial charge in [0.15, 0.2) is 11.5 Å². The number of benzene rings is 1. The highest BCUT2D eigenvalue weighted by molar-refractivity contribution is 7.89. The van der Waals surface area contributed by atoms with E-state index in [0.29, 0.717) is 57.3 Å². The lowest BCUT2D eigenvalue weighted by Crippen LogP contribution is -2.51. The maximum Gasteiger partial charge on any atom is 0.227 e. The minimum absolute atomic E-state index is 0.00390. The number of sulfonamides is 1. The predicted molar refractivity (Wildman–Crippen MR) is 93.4 cm³/mol. The van der Waals surface area contributed by atoms with Crippen molar-refractivity contribution in [1.29, 1.82) is 0 Å². The van der Waals surface area contributed by atoms with E-state index in [1.54, 1.807) is 4.90 Å². The van der Waals surface area contributed by atoms with E-state index in [0.717, 1.165) is 5.56 Å². The number of hydrogen-bond acceptors (Lipinski definition) is 5. The Morgan fingerprint density at radius 3 is 2.44 bits per heavy atom. The van der Waals surface area contributed by atoms with Crippen LogP contribution in [0.1, 0.15) is 18.9 Å². The molecule has 0 N–H and O–H groups in total. The number of ether oxygens (including phenoxy) is 2. The van der Waals surface area contributed by atoms with Gasteiger partial charge < -0.3 is 14.4 Å². The summed E-state index contributed by atoms with van der Waals surface area (Å²) < 4.78 is 36.7. The highest BCUT2D eigenvalue weighted by Gasteiger charge is 2.28. The molecule has 3 rings (SSSR count). The fourth-order valence-electron chi connectivity index (χ4n) is 3.09. The molecule has 0 aromatic heterocycles. The smallest absolute Gasteiger partial charge is 0.227 e. The van der Waals surface area contributed by atoms with Crippen LogP contribution < -0.4 is 9.47 Å². The molecule has 1 fully saturated rings. The van der Waals surface area contributed by atoms with Crippen LogP contribution in [0.3, 0.4) is 0 Å². The third-order valence-corrected chi connectivity index (χ3v) is 6.48. The molecule has 8 heteroatoms. The summed E-state index contributed by atoms with van der Waals surface area (Å²) in [4.78, 5) is 14.2. The molecule has 25 heavy (non-hydrogen) atoms. The zero-order valence-corrected chi connectivity index (χ0v) is 15.3. The molecule has 7 nitrogen and oxygen atoms in total. The van der Waals surface area contributed by atoms with Gasteiger partial charge in [-0.1, -0.05) is 13.0 Å². The van der Waals surface area contributed by atoms with Crippen molar-refractivity contribution >= 4 is 15.9 Å². The first-order valence-electron chi connectivity index (χ1n) is 8.64. The lowest BCUT2D eigenvalue weighted by atomic mass is 10.1. The minimum Gasteiger partial charge on any atom is -0.486 e. The summed E-state index contributed by atoms with van der Waals surface area (Å²) in [5, 5.41) is 0. The van der Waals surface area contributed by atoms with Crippen molar-refractivity contribution in [1.82, 2.24) is 9.21 Å². The summed E-state index contributed by atoms with van der Waals surface area (Å²) in [5.74, 6) is 1.55. The van der Waals surface area contributed by atoms with Crippen LogP contribution in [-0.2, 0) is 21.2 Å². The fraction of sp³-hybridized carbons (Fsp3) is 0.588. The third-order valence-electron chi connectivity index (χ3n) is 4.41. The lowest BCUT2D eigenvalue weighted by Gasteiger charge is -2.34. The van der Waals surface area contributed by atoms with Gasteiger partial charge in [0.2, 0.25) is 15.9 Å². The third kappa shape index (κ3) is 4.24. The Hall–Kier alpha value is -1.80. The largest absolute Gasteiger partial charge is 0.486 e. The summed E-state index contributed by atoms with van der Waals surface area (Å²) in [5.41, 5.74) is 0.871. The highest BCUT2D eigenvalue weighted by atomic mass is 32.2. The second-order valence-corrected chi connectivity index (χ2v) is 8.34. The van der Waals surface area contributed by atoms with Gasteiger partial charge in [0.05, 0.1) is 12.2 Å². The second-order valence-electron chi connectivity index (χ2n) is 6.25. The zero-order valence-electron chi connectivity index (χ0n) is 14.4. The van der Waals surface area contributed by atoms with Gasteiger partial charge in [-0.25, -0.2) is 8.42 Å². The van der Waals surface area contributed by atoms with E-state index >= 15 is 0 Å². The van der Waals surface area contributed by atoms with Crippen LogP contribution in [0.4, 0.5) is 0 Å². The van der Waals surface area contributed by atoms with E-state index in [-0.39, 0.29) is 18.1 Å². The highest BCUT2D eigenvalue weighted by Crippen LogP contribution is 2.31. The Morgan fingerprint density at radius 1 is 1.08 bits per heavy atom. The Labute approximate surface area is 148 Å². The predicted octanol–water partition coefficient (Wildman–Crippen LogP) is 0.884. The molecule has 0 unspecified atom stereocenters. The Morgan fingerprint density at radius 2 is 1.76 bits per heavy atom. The Bertz CT molecular complexity index is 727. The lowest BCUT2D eigenvalue weighted by molar-refractivity contribution is -0.131. The summed E-state index contributed by atoms with van der Waals surface area (Å²) in [6.07, 6.45) is 0.879. The van der Waals surface area contributed by atoms with Gasteiger partial charge in [0, 0.05) is 26.2 Å². The van der Waals surface area contributed by atoms with Crippen LogP contribution in [0, 0.1) is 0 Å². The quantitative estimate of drug-likeness (QED) is 0.771. The molecule has 138 valence electrons. The number of piperazine rings is 1. The first-order chi connectivity index (χ1) is 12.0. The first kappa shape index (κ1) is 18.0. The number of hydrogen-bond donors (Lipinski definition) is 0. The molecule has 2 aliphatic rings. The molecule has 1 saturated heterocycles. The van der Waals surface area contributed by atoms with Crippen molar-refractivity contribution in [3.05, 3.63) is 23.8 Å². The molecule has 1 aromatic carbocycles. The fourth-order valence-corrected chi connectivity index (χ4v) is 4.58. The number of carbonyl (C=O) groups is 1.